The molecule has 0 radical (unpaired) electrons. The van der Waals surface area contributed by atoms with Gasteiger partial charge >= 0.3 is 0 Å². The van der Waals surface area contributed by atoms with Crippen molar-refractivity contribution in [2.45, 2.75) is 18.3 Å². The second-order valence-electron chi connectivity index (χ2n) is 16.2. The van der Waals surface area contributed by atoms with Gasteiger partial charge in [-0.05, 0) is 80.8 Å². The lowest BCUT2D eigenvalue weighted by atomic mass is 9.72. The summed E-state index contributed by atoms with van der Waals surface area (Å²) in [4.78, 5) is 0. The molecule has 0 aliphatic heterocycles. The average Bonchev–Trinajstić information content (AvgIpc) is 3.88. The predicted octanol–water partition coefficient (Wildman–Crippen LogP) is 14.6. The van der Waals surface area contributed by atoms with Crippen molar-refractivity contribution >= 4 is 55.7 Å². The van der Waals surface area contributed by atoms with Crippen molar-refractivity contribution in [3.05, 3.63) is 239 Å². The fraction of sp³-hybridized carbons (Fsp3) is 0.107. The van der Waals surface area contributed by atoms with E-state index in [4.69, 9.17) is 8.83 Å². The molecule has 0 saturated heterocycles. The van der Waals surface area contributed by atoms with Gasteiger partial charge < -0.3 is 8.83 Å². The predicted molar refractivity (Wildman–Crippen MR) is 240 cm³/mol. The molecular weight excluding hydrogens is 705 g/mol. The number of hydrogen-bond acceptors (Lipinski definition) is 2. The molecule has 7 aromatic rings. The van der Waals surface area contributed by atoms with Crippen LogP contribution in [-0.4, -0.2) is 0 Å². The molecule has 2 heterocycles. The molecule has 5 aromatic carbocycles. The first-order chi connectivity index (χ1) is 28.7. The van der Waals surface area contributed by atoms with Crippen LogP contribution in [0.15, 0.2) is 214 Å². The van der Waals surface area contributed by atoms with Crippen molar-refractivity contribution in [3.63, 3.8) is 0 Å². The first kappa shape index (κ1) is 33.3. The van der Waals surface area contributed by atoms with Gasteiger partial charge in [-0.1, -0.05) is 176 Å². The van der Waals surface area contributed by atoms with Gasteiger partial charge in [0, 0.05) is 51.3 Å². The van der Waals surface area contributed by atoms with Gasteiger partial charge in [0.1, 0.15) is 22.5 Å². The Hall–Kier alpha value is -6.90. The number of benzene rings is 5. The van der Waals surface area contributed by atoms with Crippen LogP contribution >= 0.6 is 0 Å². The molecule has 2 nitrogen and oxygen atoms in total. The zero-order valence-electron chi connectivity index (χ0n) is 32.0. The van der Waals surface area contributed by atoms with Gasteiger partial charge in [0.2, 0.25) is 0 Å². The highest BCUT2D eigenvalue weighted by molar-refractivity contribution is 6.10. The maximum absolute atomic E-state index is 6.91. The molecule has 0 saturated carbocycles. The Balaban J connectivity index is 1.02. The number of allylic oxidation sites excluding steroid dienone is 17. The summed E-state index contributed by atoms with van der Waals surface area (Å²) in [5, 5.41) is 3.57. The summed E-state index contributed by atoms with van der Waals surface area (Å²) in [6, 6.07) is 43.3. The fourth-order valence-electron chi connectivity index (χ4n) is 10.2. The van der Waals surface area contributed by atoms with E-state index in [0.29, 0.717) is 11.8 Å². The van der Waals surface area contributed by atoms with Gasteiger partial charge in [0.25, 0.3) is 0 Å². The highest BCUT2D eigenvalue weighted by Crippen LogP contribution is 2.52. The first-order valence-electron chi connectivity index (χ1n) is 20.6. The van der Waals surface area contributed by atoms with Crippen molar-refractivity contribution in [2.75, 3.05) is 0 Å². The Morgan fingerprint density at radius 1 is 0.483 bits per heavy atom. The molecule has 5 unspecified atom stereocenters. The van der Waals surface area contributed by atoms with Gasteiger partial charge in [-0.3, -0.25) is 0 Å². The smallest absolute Gasteiger partial charge is 0.136 e. The van der Waals surface area contributed by atoms with Crippen LogP contribution in [0.1, 0.15) is 51.8 Å². The molecule has 0 amide bonds. The highest BCUT2D eigenvalue weighted by Gasteiger charge is 2.36. The third kappa shape index (κ3) is 5.40. The average molecular weight is 745 g/mol. The quantitative estimate of drug-likeness (QED) is 0.175. The monoisotopic (exact) mass is 744 g/mol. The number of fused-ring (bicyclic) bond motifs is 9. The van der Waals surface area contributed by atoms with E-state index >= 15 is 0 Å². The van der Waals surface area contributed by atoms with E-state index in [1.54, 1.807) is 0 Å². The third-order valence-electron chi connectivity index (χ3n) is 12.9. The molecule has 0 bridgehead atoms. The van der Waals surface area contributed by atoms with Crippen molar-refractivity contribution in [1.29, 1.82) is 0 Å². The Kier molecular flexibility index (Phi) is 7.66. The van der Waals surface area contributed by atoms with Crippen LogP contribution in [0.4, 0.5) is 0 Å². The molecule has 2 aromatic heterocycles. The minimum atomic E-state index is 0.111. The normalized spacial score (nSPS) is 23.2. The Morgan fingerprint density at radius 2 is 1.16 bits per heavy atom. The van der Waals surface area contributed by atoms with Crippen LogP contribution in [-0.2, 0) is 0 Å². The van der Waals surface area contributed by atoms with Crippen molar-refractivity contribution in [3.8, 4) is 0 Å². The Morgan fingerprint density at radius 3 is 1.98 bits per heavy atom. The van der Waals surface area contributed by atoms with Crippen LogP contribution in [0.2, 0.25) is 0 Å². The van der Waals surface area contributed by atoms with Crippen molar-refractivity contribution in [2.24, 2.45) is 17.8 Å². The number of para-hydroxylation sites is 1. The third-order valence-corrected chi connectivity index (χ3v) is 12.9. The lowest BCUT2D eigenvalue weighted by Gasteiger charge is -2.30. The molecule has 12 rings (SSSR count). The summed E-state index contributed by atoms with van der Waals surface area (Å²) in [7, 11) is 0. The van der Waals surface area contributed by atoms with E-state index in [1.165, 1.54) is 66.5 Å². The van der Waals surface area contributed by atoms with Crippen LogP contribution in [0, 0.1) is 17.8 Å². The lowest BCUT2D eigenvalue weighted by molar-refractivity contribution is 0.496. The standard InChI is InChI=1S/C56H40O2/c1-3-13-35(14-4-1)37-25-26-39-30-40(28-27-38(39)29-37)41-31-42(44-20-11-23-52-54(44)48-19-9-10-22-51(48)57-52)33-43(32-41)45-21-12-24-53-55(45)50-34-49(36-15-5-2-6-16-36)46-17-7-8-18-47(46)56(50)58-53/h1-32,34,38-39,43,46-47H,33H2. The minimum Gasteiger partial charge on any atom is -0.460 e. The molecule has 5 atom stereocenters. The SMILES string of the molecule is C1=CC2C(c3ccccc3)=Cc3c(oc4cccc(C5C=C(C6=CC7C=CC(c8ccccc8)=CC7C=C6)C=C(c6cccc7oc8ccccc8c67)C5)c34)C2C=C1. The topological polar surface area (TPSA) is 26.3 Å². The van der Waals surface area contributed by atoms with Crippen molar-refractivity contribution < 1.29 is 8.83 Å². The zero-order chi connectivity index (χ0) is 38.2. The molecule has 0 fully saturated rings. The number of rotatable bonds is 5. The Labute approximate surface area is 338 Å². The summed E-state index contributed by atoms with van der Waals surface area (Å²) >= 11 is 0. The lowest BCUT2D eigenvalue weighted by Crippen LogP contribution is -2.17. The highest BCUT2D eigenvalue weighted by atomic mass is 16.3. The van der Waals surface area contributed by atoms with E-state index in [1.807, 2.05) is 0 Å². The van der Waals surface area contributed by atoms with Crippen LogP contribution in [0.3, 0.4) is 0 Å². The van der Waals surface area contributed by atoms with E-state index in [9.17, 15) is 0 Å². The van der Waals surface area contributed by atoms with Crippen LogP contribution in [0.5, 0.6) is 0 Å². The van der Waals surface area contributed by atoms with E-state index < -0.39 is 0 Å². The van der Waals surface area contributed by atoms with Gasteiger partial charge in [-0.15, -0.1) is 0 Å². The second-order valence-corrected chi connectivity index (χ2v) is 16.2. The number of hydrogen-bond donors (Lipinski definition) is 0. The van der Waals surface area contributed by atoms with Gasteiger partial charge in [0.05, 0.1) is 0 Å². The van der Waals surface area contributed by atoms with Crippen LogP contribution < -0.4 is 0 Å². The summed E-state index contributed by atoms with van der Waals surface area (Å²) < 4.78 is 13.3. The van der Waals surface area contributed by atoms with Gasteiger partial charge in [-0.2, -0.15) is 0 Å². The summed E-state index contributed by atoms with van der Waals surface area (Å²) in [5.41, 5.74) is 15.5. The maximum Gasteiger partial charge on any atom is 0.136 e. The van der Waals surface area contributed by atoms with E-state index in [0.717, 1.165) is 34.3 Å². The molecule has 5 aliphatic rings. The molecule has 0 spiro atoms. The van der Waals surface area contributed by atoms with Gasteiger partial charge in [0.15, 0.2) is 0 Å². The van der Waals surface area contributed by atoms with E-state index in [2.05, 4.69) is 200 Å². The second kappa shape index (κ2) is 13.4. The molecular formula is C56H40O2. The first-order valence-corrected chi connectivity index (χ1v) is 20.6. The molecule has 58 heavy (non-hydrogen) atoms. The minimum absolute atomic E-state index is 0.111. The summed E-state index contributed by atoms with van der Waals surface area (Å²) in [6.07, 6.45) is 31.6. The van der Waals surface area contributed by atoms with Gasteiger partial charge in [-0.25, -0.2) is 0 Å². The molecule has 5 aliphatic carbocycles. The Bertz CT molecular complexity index is 3090. The summed E-state index contributed by atoms with van der Waals surface area (Å²) in [5.74, 6) is 2.16. The fourth-order valence-corrected chi connectivity index (χ4v) is 10.2. The number of furan rings is 2. The van der Waals surface area contributed by atoms with E-state index in [-0.39, 0.29) is 17.8 Å². The molecule has 276 valence electrons. The maximum atomic E-state index is 6.91. The van der Waals surface area contributed by atoms with Crippen molar-refractivity contribution in [1.82, 2.24) is 0 Å². The van der Waals surface area contributed by atoms with Crippen LogP contribution in [0.25, 0.3) is 55.7 Å². The molecule has 0 N–H and O–H groups in total. The zero-order valence-corrected chi connectivity index (χ0v) is 32.0. The molecule has 2 heteroatoms. The summed E-state index contributed by atoms with van der Waals surface area (Å²) in [6.45, 7) is 0. The largest absolute Gasteiger partial charge is 0.460 e.